The van der Waals surface area contributed by atoms with Crippen molar-refractivity contribution in [1.82, 2.24) is 0 Å². The summed E-state index contributed by atoms with van der Waals surface area (Å²) >= 11 is 0. The Morgan fingerprint density at radius 3 is 1.49 bits per heavy atom. The highest BCUT2D eigenvalue weighted by Gasteiger charge is 2.25. The summed E-state index contributed by atoms with van der Waals surface area (Å²) in [5.74, 6) is -0.331. The zero-order valence-corrected chi connectivity index (χ0v) is 33.1. The molecule has 9 heteroatoms. The van der Waals surface area contributed by atoms with Crippen molar-refractivity contribution in [3.8, 4) is 0 Å². The van der Waals surface area contributed by atoms with Crippen LogP contribution >= 0.6 is 7.82 Å². The normalized spacial score (nSPS) is 13.6. The van der Waals surface area contributed by atoms with Crippen LogP contribution in [0.1, 0.15) is 200 Å². The summed E-state index contributed by atoms with van der Waals surface area (Å²) in [7, 11) is -4.26. The van der Waals surface area contributed by atoms with E-state index < -0.39 is 13.9 Å². The molecular weight excluding hydrogens is 637 g/mol. The van der Waals surface area contributed by atoms with E-state index in [0.717, 1.165) is 32.1 Å². The van der Waals surface area contributed by atoms with Gasteiger partial charge < -0.3 is 20.1 Å². The van der Waals surface area contributed by atoms with Crippen molar-refractivity contribution in [1.29, 1.82) is 0 Å². The maximum atomic E-state index is 12.5. The van der Waals surface area contributed by atoms with E-state index in [0.29, 0.717) is 13.0 Å². The van der Waals surface area contributed by atoms with E-state index in [4.69, 9.17) is 24.3 Å². The summed E-state index contributed by atoms with van der Waals surface area (Å²) in [4.78, 5) is 22.4. The van der Waals surface area contributed by atoms with Crippen molar-refractivity contribution in [3.63, 3.8) is 0 Å². The van der Waals surface area contributed by atoms with Gasteiger partial charge >= 0.3 is 13.8 Å². The minimum Gasteiger partial charge on any atom is -0.457 e. The summed E-state index contributed by atoms with van der Waals surface area (Å²) in [5.41, 5.74) is 5.35. The van der Waals surface area contributed by atoms with Gasteiger partial charge in [-0.25, -0.2) is 4.57 Å². The van der Waals surface area contributed by atoms with E-state index in [9.17, 15) is 14.3 Å². The number of rotatable bonds is 40. The minimum absolute atomic E-state index is 0.0925. The fourth-order valence-corrected chi connectivity index (χ4v) is 6.64. The molecule has 0 spiro atoms. The molecule has 0 radical (unpaired) electrons. The molecule has 0 aliphatic rings. The van der Waals surface area contributed by atoms with Crippen LogP contribution in [0.4, 0.5) is 0 Å². The quantitative estimate of drug-likeness (QED) is 0.0278. The molecule has 8 nitrogen and oxygen atoms in total. The lowest BCUT2D eigenvalue weighted by Crippen LogP contribution is -2.28. The van der Waals surface area contributed by atoms with Crippen LogP contribution in [0.2, 0.25) is 0 Å². The van der Waals surface area contributed by atoms with Gasteiger partial charge in [-0.3, -0.25) is 13.8 Å². The molecule has 2 atom stereocenters. The van der Waals surface area contributed by atoms with E-state index in [1.807, 2.05) is 0 Å². The summed E-state index contributed by atoms with van der Waals surface area (Å²) in [6.07, 6.45) is 39.4. The largest absolute Gasteiger partial charge is 0.472 e. The minimum atomic E-state index is -4.26. The summed E-state index contributed by atoms with van der Waals surface area (Å²) in [6, 6.07) is 0. The molecule has 0 aliphatic heterocycles. The van der Waals surface area contributed by atoms with Crippen molar-refractivity contribution in [3.05, 3.63) is 12.2 Å². The average Bonchev–Trinajstić information content (AvgIpc) is 3.09. The van der Waals surface area contributed by atoms with Crippen LogP contribution in [0.25, 0.3) is 0 Å². The van der Waals surface area contributed by atoms with Gasteiger partial charge in [-0.1, -0.05) is 167 Å². The molecule has 0 bridgehead atoms. The van der Waals surface area contributed by atoms with Crippen LogP contribution in [0.5, 0.6) is 0 Å². The zero-order chi connectivity index (χ0) is 35.9. The maximum Gasteiger partial charge on any atom is 0.472 e. The number of hydrogen-bond donors (Lipinski definition) is 2. The van der Waals surface area contributed by atoms with Crippen LogP contribution in [0.15, 0.2) is 12.2 Å². The van der Waals surface area contributed by atoms with E-state index >= 15 is 0 Å². The number of allylic oxidation sites excluding steroid dienone is 2. The predicted octanol–water partition coefficient (Wildman–Crippen LogP) is 11.9. The SMILES string of the molecule is CCCCCCCC/C=C\CCCCCCCCCCCCOCC(COP(=O)(O)OCCN)OC(=O)CCCCCCCCCCCC. The topological polar surface area (TPSA) is 117 Å². The molecule has 0 saturated heterocycles. The molecule has 0 saturated carbocycles. The standard InChI is InChI=1S/C40H80NO7P/c1-3-5-7-9-11-13-15-16-17-18-19-20-21-22-23-24-26-28-30-32-35-45-37-39(38-47-49(43,44)46-36-34-41)48-40(42)33-31-29-27-25-14-12-10-8-6-4-2/h16-17,39H,3-15,18-38,41H2,1-2H3,(H,43,44)/b17-16-. The maximum absolute atomic E-state index is 12.5. The van der Waals surface area contributed by atoms with Gasteiger partial charge in [0.2, 0.25) is 0 Å². The third kappa shape index (κ3) is 38.3. The van der Waals surface area contributed by atoms with Crippen molar-refractivity contribution in [2.75, 3.05) is 33.0 Å². The van der Waals surface area contributed by atoms with Gasteiger partial charge in [0, 0.05) is 19.6 Å². The number of phosphoric ester groups is 1. The van der Waals surface area contributed by atoms with Gasteiger partial charge in [0.25, 0.3) is 0 Å². The lowest BCUT2D eigenvalue weighted by atomic mass is 10.1. The van der Waals surface area contributed by atoms with Gasteiger partial charge in [-0.15, -0.1) is 0 Å². The smallest absolute Gasteiger partial charge is 0.457 e. The number of unbranched alkanes of at least 4 members (excludes halogenated alkanes) is 25. The molecule has 0 aromatic heterocycles. The Hall–Kier alpha value is -0.760. The first-order valence-electron chi connectivity index (χ1n) is 20.7. The summed E-state index contributed by atoms with van der Waals surface area (Å²) in [5, 5.41) is 0. The second-order valence-electron chi connectivity index (χ2n) is 13.9. The van der Waals surface area contributed by atoms with Crippen molar-refractivity contribution < 1.29 is 32.8 Å². The Bertz CT molecular complexity index is 767. The van der Waals surface area contributed by atoms with Gasteiger partial charge in [-0.2, -0.15) is 0 Å². The number of ether oxygens (including phenoxy) is 2. The molecule has 2 unspecified atom stereocenters. The van der Waals surface area contributed by atoms with Crippen molar-refractivity contribution in [2.45, 2.75) is 206 Å². The van der Waals surface area contributed by atoms with Crippen molar-refractivity contribution >= 4 is 13.8 Å². The Morgan fingerprint density at radius 2 is 1.02 bits per heavy atom. The summed E-state index contributed by atoms with van der Waals surface area (Å²) < 4.78 is 33.3. The highest BCUT2D eigenvalue weighted by Crippen LogP contribution is 2.43. The molecule has 0 amide bonds. The van der Waals surface area contributed by atoms with Gasteiger partial charge in [-0.05, 0) is 38.5 Å². The molecule has 0 rings (SSSR count). The molecule has 0 aliphatic carbocycles. The fraction of sp³-hybridized carbons (Fsp3) is 0.925. The Morgan fingerprint density at radius 1 is 0.592 bits per heavy atom. The van der Waals surface area contributed by atoms with E-state index in [1.54, 1.807) is 0 Å². The Labute approximate surface area is 303 Å². The first-order valence-corrected chi connectivity index (χ1v) is 22.2. The second-order valence-corrected chi connectivity index (χ2v) is 15.3. The van der Waals surface area contributed by atoms with E-state index in [2.05, 4.69) is 26.0 Å². The second kappa shape index (κ2) is 38.5. The molecule has 3 N–H and O–H groups in total. The number of nitrogens with two attached hydrogens (primary N) is 1. The average molecular weight is 718 g/mol. The predicted molar refractivity (Wildman–Crippen MR) is 206 cm³/mol. The highest BCUT2D eigenvalue weighted by molar-refractivity contribution is 7.47. The van der Waals surface area contributed by atoms with Crippen LogP contribution < -0.4 is 5.73 Å². The third-order valence-corrected chi connectivity index (χ3v) is 9.92. The van der Waals surface area contributed by atoms with Gasteiger partial charge in [0.05, 0.1) is 19.8 Å². The van der Waals surface area contributed by atoms with Crippen LogP contribution in [-0.2, 0) is 27.9 Å². The first-order chi connectivity index (χ1) is 23.9. The number of hydrogen-bond acceptors (Lipinski definition) is 7. The molecule has 49 heavy (non-hydrogen) atoms. The monoisotopic (exact) mass is 718 g/mol. The van der Waals surface area contributed by atoms with Crippen LogP contribution in [0.3, 0.4) is 0 Å². The number of phosphoric acid groups is 1. The highest BCUT2D eigenvalue weighted by atomic mass is 31.2. The van der Waals surface area contributed by atoms with E-state index in [1.165, 1.54) is 148 Å². The number of carbonyl (C=O) groups excluding carboxylic acids is 1. The number of carbonyl (C=O) groups is 1. The molecule has 0 heterocycles. The van der Waals surface area contributed by atoms with Crippen molar-refractivity contribution in [2.24, 2.45) is 5.73 Å². The lowest BCUT2D eigenvalue weighted by Gasteiger charge is -2.20. The molecular formula is C40H80NO7P. The molecule has 0 aromatic rings. The van der Waals surface area contributed by atoms with E-state index in [-0.39, 0.29) is 32.3 Å². The number of esters is 1. The van der Waals surface area contributed by atoms with Gasteiger partial charge in [0.1, 0.15) is 6.10 Å². The first kappa shape index (κ1) is 48.2. The Balaban J connectivity index is 3.94. The van der Waals surface area contributed by atoms with Crippen LogP contribution in [0, 0.1) is 0 Å². The molecule has 292 valence electrons. The molecule has 0 aromatic carbocycles. The molecule has 0 fully saturated rings. The summed E-state index contributed by atoms with van der Waals surface area (Å²) in [6.45, 7) is 4.93. The Kier molecular flexibility index (Phi) is 37.9. The van der Waals surface area contributed by atoms with Gasteiger partial charge in [0.15, 0.2) is 0 Å². The third-order valence-electron chi connectivity index (χ3n) is 8.93. The van der Waals surface area contributed by atoms with Crippen LogP contribution in [-0.4, -0.2) is 49.9 Å². The fourth-order valence-electron chi connectivity index (χ4n) is 5.87. The zero-order valence-electron chi connectivity index (χ0n) is 32.2. The lowest BCUT2D eigenvalue weighted by molar-refractivity contribution is -0.154.